The van der Waals surface area contributed by atoms with Gasteiger partial charge in [0.05, 0.1) is 23.9 Å². The van der Waals surface area contributed by atoms with E-state index in [0.717, 1.165) is 0 Å². The first-order valence-corrected chi connectivity index (χ1v) is 25.9. The van der Waals surface area contributed by atoms with Gasteiger partial charge in [-0.3, -0.25) is 0 Å². The quantitative estimate of drug-likeness (QED) is 0.122. The van der Waals surface area contributed by atoms with Crippen molar-refractivity contribution in [1.29, 1.82) is 0 Å². The molecule has 0 aliphatic carbocycles. The predicted octanol–water partition coefficient (Wildman–Crippen LogP) is 9.56. The molecule has 1 aliphatic heterocycles. The van der Waals surface area contributed by atoms with Gasteiger partial charge in [-0.1, -0.05) is 86.4 Å². The molecule has 10 heteroatoms. The third-order valence-corrected chi connectivity index (χ3v) is 24.3. The Hall–Kier alpha value is -1.30. The van der Waals surface area contributed by atoms with Gasteiger partial charge in [-0.15, -0.1) is 6.42 Å². The normalized spacial score (nSPS) is 23.8. The molecule has 2 rings (SSSR count). The largest absolute Gasteiger partial charge is 0.456 e. The molecule has 0 bridgehead atoms. The maximum atomic E-state index is 13.2. The van der Waals surface area contributed by atoms with E-state index in [9.17, 15) is 4.79 Å². The number of carbonyl (C=O) groups is 1. The number of terminal acetylenes is 1. The number of benzene rings is 1. The monoisotopic (exact) mass is 706 g/mol. The molecule has 1 aliphatic rings. The Morgan fingerprint density at radius 3 is 1.81 bits per heavy atom. The van der Waals surface area contributed by atoms with E-state index in [4.69, 9.17) is 33.9 Å². The lowest BCUT2D eigenvalue weighted by molar-refractivity contribution is -0.269. The molecule has 1 saturated heterocycles. The Bertz CT molecular complexity index is 1210. The summed E-state index contributed by atoms with van der Waals surface area (Å²) in [5, 5.41) is -0.0740. The zero-order chi connectivity index (χ0) is 36.4. The summed E-state index contributed by atoms with van der Waals surface area (Å²) in [7, 11) is -6.73. The van der Waals surface area contributed by atoms with Crippen LogP contribution in [-0.2, 0) is 27.5 Å². The van der Waals surface area contributed by atoms with Gasteiger partial charge in [0.2, 0.25) is 0 Å². The van der Waals surface area contributed by atoms with Crippen LogP contribution in [-0.4, -0.2) is 73.8 Å². The Labute approximate surface area is 290 Å². The van der Waals surface area contributed by atoms with Crippen molar-refractivity contribution < 1.29 is 32.3 Å². The number of ether oxygens (including phenoxy) is 3. The van der Waals surface area contributed by atoms with Crippen molar-refractivity contribution in [1.82, 2.24) is 0 Å². The molecule has 0 amide bonds. The van der Waals surface area contributed by atoms with Crippen molar-refractivity contribution in [3.63, 3.8) is 0 Å². The summed E-state index contributed by atoms with van der Waals surface area (Å²) < 4.78 is 40.3. The zero-order valence-electron chi connectivity index (χ0n) is 32.6. The molecule has 1 fully saturated rings. The van der Waals surface area contributed by atoms with Crippen LogP contribution in [0.25, 0.3) is 0 Å². The Kier molecular flexibility index (Phi) is 13.6. The Morgan fingerprint density at radius 2 is 1.34 bits per heavy atom. The number of hydrogen-bond donors (Lipinski definition) is 0. The minimum atomic E-state index is -2.34. The molecule has 0 N–H and O–H groups in total. The first kappa shape index (κ1) is 41.9. The summed E-state index contributed by atoms with van der Waals surface area (Å²) in [5.41, 5.74) is 0.455. The lowest BCUT2D eigenvalue weighted by Gasteiger charge is -2.50. The maximum absolute atomic E-state index is 13.2. The van der Waals surface area contributed by atoms with E-state index in [0.29, 0.717) is 12.0 Å². The molecular weight excluding hydrogens is 641 g/mol. The smallest absolute Gasteiger partial charge is 0.338 e. The summed E-state index contributed by atoms with van der Waals surface area (Å²) in [5.74, 6) is 2.40. The summed E-state index contributed by atoms with van der Waals surface area (Å²) in [6.45, 7) is 37.2. The highest BCUT2D eigenvalue weighted by Crippen LogP contribution is 2.44. The van der Waals surface area contributed by atoms with Crippen LogP contribution in [0.1, 0.15) is 92.9 Å². The van der Waals surface area contributed by atoms with Gasteiger partial charge >= 0.3 is 5.97 Å². The molecule has 7 atom stereocenters. The van der Waals surface area contributed by atoms with Crippen molar-refractivity contribution in [2.75, 3.05) is 0 Å². The molecule has 1 aromatic carbocycles. The second-order valence-corrected chi connectivity index (χ2v) is 32.1. The van der Waals surface area contributed by atoms with Gasteiger partial charge in [-0.05, 0) is 80.4 Å². The Morgan fingerprint density at radius 1 is 0.851 bits per heavy atom. The van der Waals surface area contributed by atoms with Crippen LogP contribution >= 0.6 is 0 Å². The van der Waals surface area contributed by atoms with E-state index in [-0.39, 0.29) is 33.4 Å². The van der Waals surface area contributed by atoms with E-state index in [1.807, 2.05) is 32.0 Å². The topological polar surface area (TPSA) is 72.5 Å². The van der Waals surface area contributed by atoms with Crippen molar-refractivity contribution in [2.24, 2.45) is 0 Å². The van der Waals surface area contributed by atoms with E-state index in [2.05, 4.69) is 108 Å². The van der Waals surface area contributed by atoms with E-state index in [1.165, 1.54) is 0 Å². The highest BCUT2D eigenvalue weighted by molar-refractivity contribution is 6.75. The van der Waals surface area contributed by atoms with E-state index in [1.54, 1.807) is 12.1 Å². The molecule has 0 unspecified atom stereocenters. The van der Waals surface area contributed by atoms with E-state index < -0.39 is 55.5 Å². The highest BCUT2D eigenvalue weighted by Gasteiger charge is 2.50. The van der Waals surface area contributed by atoms with Crippen LogP contribution in [0.4, 0.5) is 0 Å². The average molecular weight is 707 g/mol. The molecule has 0 saturated carbocycles. The third-order valence-electron chi connectivity index (χ3n) is 10.9. The fourth-order valence-electron chi connectivity index (χ4n) is 4.62. The zero-order valence-corrected chi connectivity index (χ0v) is 35.6. The van der Waals surface area contributed by atoms with Crippen LogP contribution < -0.4 is 0 Å². The molecule has 1 heterocycles. The predicted molar refractivity (Wildman–Crippen MR) is 200 cm³/mol. The SMILES string of the molecule is C#C[C@H](O[Si](C)(C)C(C)(C)C)[C@H](O[C@H]1C[C@H](O[Si](C)(C)C(C)(C)C)[C@H](O[Si](C)(C)C(C)(C)C)[C@H](C)O1)[C@@H](C)OC(=O)c1ccccc1. The van der Waals surface area contributed by atoms with Crippen LogP contribution in [0.15, 0.2) is 30.3 Å². The summed E-state index contributed by atoms with van der Waals surface area (Å²) >= 11 is 0. The number of hydrogen-bond acceptors (Lipinski definition) is 7. The fraction of sp³-hybridized carbons (Fsp3) is 0.757. The molecule has 0 radical (unpaired) electrons. The average Bonchev–Trinajstić information content (AvgIpc) is 2.90. The standard InChI is InChI=1S/C37H66O7Si3/c1-19-29(42-45(13,14)35(4,5)6)32(26(2)40-34(38)28-23-21-20-22-24-28)41-31-25-30(43-46(15,16)36(7,8)9)33(27(3)39-31)44-47(17,18)37(10,11)12/h1,20-24,26-27,29-33H,25H2,2-18H3/t26-,27+,29+,30+,31+,32-,33-/m1/s1. The minimum Gasteiger partial charge on any atom is -0.456 e. The number of esters is 1. The van der Waals surface area contributed by atoms with Crippen molar-refractivity contribution in [3.05, 3.63) is 35.9 Å². The van der Waals surface area contributed by atoms with Gasteiger partial charge in [0.25, 0.3) is 0 Å². The molecule has 0 spiro atoms. The molecular formula is C37H66O7Si3. The Balaban J connectivity index is 2.51. The van der Waals surface area contributed by atoms with Crippen molar-refractivity contribution in [2.45, 2.75) is 180 Å². The molecule has 0 aromatic heterocycles. The summed E-state index contributed by atoms with van der Waals surface area (Å²) in [6.07, 6.45) is 2.83. The van der Waals surface area contributed by atoms with Crippen LogP contribution in [0.2, 0.25) is 54.4 Å². The van der Waals surface area contributed by atoms with Gasteiger partial charge in [0, 0.05) is 6.42 Å². The van der Waals surface area contributed by atoms with Crippen LogP contribution in [0, 0.1) is 12.3 Å². The van der Waals surface area contributed by atoms with Gasteiger partial charge in [0.15, 0.2) is 31.2 Å². The summed E-state index contributed by atoms with van der Waals surface area (Å²) in [6, 6.07) is 8.93. The maximum Gasteiger partial charge on any atom is 0.338 e. The van der Waals surface area contributed by atoms with Crippen LogP contribution in [0.5, 0.6) is 0 Å². The second-order valence-electron chi connectivity index (χ2n) is 17.8. The molecule has 268 valence electrons. The van der Waals surface area contributed by atoms with Crippen LogP contribution in [0.3, 0.4) is 0 Å². The van der Waals surface area contributed by atoms with Gasteiger partial charge < -0.3 is 27.5 Å². The van der Waals surface area contributed by atoms with E-state index >= 15 is 0 Å². The van der Waals surface area contributed by atoms with Gasteiger partial charge in [-0.2, -0.15) is 0 Å². The second kappa shape index (κ2) is 15.3. The molecule has 7 nitrogen and oxygen atoms in total. The third kappa shape index (κ3) is 10.8. The number of rotatable bonds is 12. The highest BCUT2D eigenvalue weighted by atomic mass is 28.4. The first-order chi connectivity index (χ1) is 21.1. The number of carbonyl (C=O) groups excluding carboxylic acids is 1. The lowest BCUT2D eigenvalue weighted by atomic mass is 10.0. The lowest BCUT2D eigenvalue weighted by Crippen LogP contribution is -2.60. The molecule has 47 heavy (non-hydrogen) atoms. The summed E-state index contributed by atoms with van der Waals surface area (Å²) in [4.78, 5) is 13.2. The van der Waals surface area contributed by atoms with Crippen molar-refractivity contribution >= 4 is 30.9 Å². The minimum absolute atomic E-state index is 0.000675. The van der Waals surface area contributed by atoms with Gasteiger partial charge in [0.1, 0.15) is 18.3 Å². The fourth-order valence-corrected chi connectivity index (χ4v) is 8.53. The molecule has 1 aromatic rings. The van der Waals surface area contributed by atoms with Crippen molar-refractivity contribution in [3.8, 4) is 12.3 Å². The first-order valence-electron chi connectivity index (χ1n) is 17.2. The van der Waals surface area contributed by atoms with Gasteiger partial charge in [-0.25, -0.2) is 4.79 Å².